The second-order valence-corrected chi connectivity index (χ2v) is 5.69. The molecule has 1 aromatic rings. The van der Waals surface area contributed by atoms with Crippen molar-refractivity contribution in [1.29, 1.82) is 0 Å². The Bertz CT molecular complexity index is 536. The van der Waals surface area contributed by atoms with Crippen LogP contribution in [0.5, 0.6) is 0 Å². The second-order valence-electron chi connectivity index (χ2n) is 5.69. The van der Waals surface area contributed by atoms with Crippen LogP contribution in [-0.4, -0.2) is 72.8 Å². The van der Waals surface area contributed by atoms with E-state index in [1.807, 2.05) is 21.6 Å². The largest absolute Gasteiger partial charge is 0.378 e. The van der Waals surface area contributed by atoms with Gasteiger partial charge >= 0.3 is 6.03 Å². The van der Waals surface area contributed by atoms with E-state index in [9.17, 15) is 9.18 Å². The molecular weight excluding hydrogens is 287 g/mol. The number of hydrogen-bond acceptors (Lipinski definition) is 4. The maximum atomic E-state index is 13.3. The van der Waals surface area contributed by atoms with Gasteiger partial charge < -0.3 is 19.4 Å². The van der Waals surface area contributed by atoms with Gasteiger partial charge in [-0.2, -0.15) is 4.39 Å². The number of anilines is 1. The second kappa shape index (κ2) is 6.48. The van der Waals surface area contributed by atoms with Crippen LogP contribution in [0.2, 0.25) is 0 Å². The predicted molar refractivity (Wildman–Crippen MR) is 80.4 cm³/mol. The molecule has 3 heterocycles. The number of urea groups is 1. The third kappa shape index (κ3) is 3.14. The van der Waals surface area contributed by atoms with Gasteiger partial charge in [0.15, 0.2) is 0 Å². The maximum Gasteiger partial charge on any atom is 0.320 e. The first-order valence-corrected chi connectivity index (χ1v) is 7.66. The summed E-state index contributed by atoms with van der Waals surface area (Å²) in [5, 5.41) is 0. The zero-order valence-corrected chi connectivity index (χ0v) is 12.7. The first-order chi connectivity index (χ1) is 10.6. The number of piperazine rings is 1. The van der Waals surface area contributed by atoms with E-state index in [1.54, 1.807) is 12.1 Å². The minimum Gasteiger partial charge on any atom is -0.378 e. The molecule has 2 amide bonds. The van der Waals surface area contributed by atoms with Crippen molar-refractivity contribution < 1.29 is 13.9 Å². The van der Waals surface area contributed by atoms with Crippen LogP contribution < -0.4 is 4.90 Å². The third-order valence-corrected chi connectivity index (χ3v) is 4.17. The molecule has 120 valence electrons. The van der Waals surface area contributed by atoms with Gasteiger partial charge in [-0.1, -0.05) is 6.07 Å². The number of ether oxygens (including phenoxy) is 1. The average Bonchev–Trinajstić information content (AvgIpc) is 2.55. The number of rotatable bonds is 1. The number of nitrogens with zero attached hydrogens (tertiary/aromatic N) is 4. The molecule has 1 aromatic heterocycles. The Labute approximate surface area is 129 Å². The zero-order valence-electron chi connectivity index (χ0n) is 12.7. The van der Waals surface area contributed by atoms with Gasteiger partial charge in [-0.15, -0.1) is 0 Å². The van der Waals surface area contributed by atoms with Crippen LogP contribution in [0.15, 0.2) is 18.2 Å². The van der Waals surface area contributed by atoms with E-state index < -0.39 is 5.95 Å². The third-order valence-electron chi connectivity index (χ3n) is 4.17. The summed E-state index contributed by atoms with van der Waals surface area (Å²) < 4.78 is 18.6. The highest BCUT2D eigenvalue weighted by molar-refractivity contribution is 5.75. The van der Waals surface area contributed by atoms with Crippen molar-refractivity contribution in [2.45, 2.75) is 13.0 Å². The molecule has 1 unspecified atom stereocenters. The van der Waals surface area contributed by atoms with Gasteiger partial charge in [0.05, 0.1) is 13.2 Å². The van der Waals surface area contributed by atoms with Gasteiger partial charge in [0, 0.05) is 38.8 Å². The number of hydrogen-bond donors (Lipinski definition) is 0. The minimum absolute atomic E-state index is 0.0713. The molecule has 2 fully saturated rings. The van der Waals surface area contributed by atoms with Gasteiger partial charge in [-0.25, -0.2) is 9.78 Å². The molecule has 1 atom stereocenters. The van der Waals surface area contributed by atoms with E-state index in [1.165, 1.54) is 6.07 Å². The van der Waals surface area contributed by atoms with E-state index in [2.05, 4.69) is 4.98 Å². The monoisotopic (exact) mass is 308 g/mol. The Balaban J connectivity index is 1.63. The van der Waals surface area contributed by atoms with Gasteiger partial charge in [0.1, 0.15) is 5.82 Å². The number of pyridine rings is 1. The number of amides is 2. The fourth-order valence-electron chi connectivity index (χ4n) is 2.98. The summed E-state index contributed by atoms with van der Waals surface area (Å²) in [6.45, 7) is 6.45. The summed E-state index contributed by atoms with van der Waals surface area (Å²) in [6.07, 6.45) is 0. The van der Waals surface area contributed by atoms with E-state index >= 15 is 0 Å². The molecule has 2 saturated heterocycles. The molecule has 0 spiro atoms. The van der Waals surface area contributed by atoms with Crippen molar-refractivity contribution in [2.75, 3.05) is 50.8 Å². The molecule has 2 aliphatic heterocycles. The first-order valence-electron chi connectivity index (χ1n) is 7.66. The molecule has 0 aromatic carbocycles. The molecule has 2 aliphatic rings. The lowest BCUT2D eigenvalue weighted by Crippen LogP contribution is -2.58. The van der Waals surface area contributed by atoms with Gasteiger partial charge in [0.25, 0.3) is 0 Å². The maximum absolute atomic E-state index is 13.3. The van der Waals surface area contributed by atoms with Crippen LogP contribution in [0.3, 0.4) is 0 Å². The summed E-state index contributed by atoms with van der Waals surface area (Å²) in [4.78, 5) is 22.2. The molecule has 0 radical (unpaired) electrons. The van der Waals surface area contributed by atoms with Crippen LogP contribution in [-0.2, 0) is 4.74 Å². The summed E-state index contributed by atoms with van der Waals surface area (Å²) in [5.74, 6) is 0.155. The molecule has 0 aliphatic carbocycles. The van der Waals surface area contributed by atoms with Crippen LogP contribution in [0.25, 0.3) is 0 Å². The molecule has 22 heavy (non-hydrogen) atoms. The first kappa shape index (κ1) is 15.0. The van der Waals surface area contributed by atoms with E-state index in [-0.39, 0.29) is 12.1 Å². The smallest absolute Gasteiger partial charge is 0.320 e. The molecular formula is C15H21FN4O2. The standard InChI is InChI=1S/C15H21FN4O2/c1-12-11-19(15(21)18-7-9-22-10-8-18)5-6-20(12)14-4-2-3-13(16)17-14/h2-4,12H,5-11H2,1H3. The van der Waals surface area contributed by atoms with E-state index in [4.69, 9.17) is 4.74 Å². The van der Waals surface area contributed by atoms with Crippen LogP contribution in [0.4, 0.5) is 15.0 Å². The van der Waals surface area contributed by atoms with Crippen LogP contribution >= 0.6 is 0 Å². The van der Waals surface area contributed by atoms with Crippen molar-refractivity contribution >= 4 is 11.8 Å². The number of carbonyl (C=O) groups is 1. The molecule has 0 saturated carbocycles. The van der Waals surface area contributed by atoms with Gasteiger partial charge in [0.2, 0.25) is 5.95 Å². The predicted octanol–water partition coefficient (Wildman–Crippen LogP) is 1.18. The quantitative estimate of drug-likeness (QED) is 0.731. The number of aromatic nitrogens is 1. The molecule has 0 N–H and O–H groups in total. The molecule has 6 nitrogen and oxygen atoms in total. The average molecular weight is 308 g/mol. The van der Waals surface area contributed by atoms with Crippen molar-refractivity contribution in [3.63, 3.8) is 0 Å². The highest BCUT2D eigenvalue weighted by Gasteiger charge is 2.30. The lowest BCUT2D eigenvalue weighted by molar-refractivity contribution is 0.0418. The lowest BCUT2D eigenvalue weighted by Gasteiger charge is -2.42. The normalized spacial score (nSPS) is 22.8. The number of halogens is 1. The Kier molecular flexibility index (Phi) is 4.42. The van der Waals surface area contributed by atoms with E-state index in [0.29, 0.717) is 51.8 Å². The molecule has 0 bridgehead atoms. The van der Waals surface area contributed by atoms with Crippen molar-refractivity contribution in [1.82, 2.24) is 14.8 Å². The van der Waals surface area contributed by atoms with Gasteiger partial charge in [-0.05, 0) is 19.1 Å². The number of morpholine rings is 1. The Morgan fingerprint density at radius 2 is 2.00 bits per heavy atom. The topological polar surface area (TPSA) is 48.9 Å². The van der Waals surface area contributed by atoms with Crippen molar-refractivity contribution in [3.8, 4) is 0 Å². The summed E-state index contributed by atoms with van der Waals surface area (Å²) in [7, 11) is 0. The van der Waals surface area contributed by atoms with Crippen LogP contribution in [0.1, 0.15) is 6.92 Å². The molecule has 7 heteroatoms. The summed E-state index contributed by atoms with van der Waals surface area (Å²) >= 11 is 0. The number of carbonyl (C=O) groups excluding carboxylic acids is 1. The lowest BCUT2D eigenvalue weighted by atomic mass is 10.2. The zero-order chi connectivity index (χ0) is 15.5. The van der Waals surface area contributed by atoms with E-state index in [0.717, 1.165) is 0 Å². The molecule has 3 rings (SSSR count). The van der Waals surface area contributed by atoms with Gasteiger partial charge in [-0.3, -0.25) is 0 Å². The fourth-order valence-corrected chi connectivity index (χ4v) is 2.98. The SMILES string of the molecule is CC1CN(C(=O)N2CCOCC2)CCN1c1cccc(F)n1. The highest BCUT2D eigenvalue weighted by Crippen LogP contribution is 2.19. The summed E-state index contributed by atoms with van der Waals surface area (Å²) in [5.41, 5.74) is 0. The van der Waals surface area contributed by atoms with Crippen molar-refractivity contribution in [3.05, 3.63) is 24.1 Å². The van der Waals surface area contributed by atoms with Crippen molar-refractivity contribution in [2.24, 2.45) is 0 Å². The Morgan fingerprint density at radius 3 is 2.68 bits per heavy atom. The van der Waals surface area contributed by atoms with Crippen LogP contribution in [0, 0.1) is 5.95 Å². The Hall–Kier alpha value is -1.89. The Morgan fingerprint density at radius 1 is 1.23 bits per heavy atom. The fraction of sp³-hybridized carbons (Fsp3) is 0.600. The minimum atomic E-state index is -0.475. The summed E-state index contributed by atoms with van der Waals surface area (Å²) in [6, 6.07) is 4.98. The highest BCUT2D eigenvalue weighted by atomic mass is 19.1.